The average molecular weight is 310 g/mol. The number of benzene rings is 2. The van der Waals surface area contributed by atoms with E-state index in [1.165, 1.54) is 12.1 Å². The molecule has 6 nitrogen and oxygen atoms in total. The zero-order valence-electron chi connectivity index (χ0n) is 12.2. The van der Waals surface area contributed by atoms with Crippen molar-refractivity contribution in [2.24, 2.45) is 0 Å². The van der Waals surface area contributed by atoms with Crippen molar-refractivity contribution in [2.75, 3.05) is 11.9 Å². The van der Waals surface area contributed by atoms with Crippen LogP contribution in [0.2, 0.25) is 0 Å². The van der Waals surface area contributed by atoms with E-state index in [1.807, 2.05) is 30.3 Å². The van der Waals surface area contributed by atoms with Crippen molar-refractivity contribution >= 4 is 23.4 Å². The summed E-state index contributed by atoms with van der Waals surface area (Å²) in [5, 5.41) is 4.89. The van der Waals surface area contributed by atoms with Gasteiger partial charge < -0.3 is 10.1 Å². The lowest BCUT2D eigenvalue weighted by Crippen LogP contribution is -2.19. The topological polar surface area (TPSA) is 84.5 Å². The van der Waals surface area contributed by atoms with E-state index in [9.17, 15) is 14.4 Å². The van der Waals surface area contributed by atoms with Crippen molar-refractivity contribution < 1.29 is 19.1 Å². The number of para-hydroxylation sites is 1. The molecule has 1 aliphatic rings. The Kier molecular flexibility index (Phi) is 4.05. The number of nitrogens with one attached hydrogen (secondary N) is 2. The highest BCUT2D eigenvalue weighted by molar-refractivity contribution is 6.22. The third kappa shape index (κ3) is 3.37. The molecule has 2 aromatic rings. The van der Waals surface area contributed by atoms with Crippen LogP contribution in [0, 0.1) is 0 Å². The number of amides is 3. The number of fused-ring (bicyclic) bond motifs is 1. The Morgan fingerprint density at radius 2 is 1.74 bits per heavy atom. The maximum absolute atomic E-state index is 11.9. The van der Waals surface area contributed by atoms with Crippen LogP contribution in [0.15, 0.2) is 48.5 Å². The van der Waals surface area contributed by atoms with Crippen LogP contribution in [0.25, 0.3) is 0 Å². The first-order valence-electron chi connectivity index (χ1n) is 7.11. The van der Waals surface area contributed by atoms with Crippen molar-refractivity contribution in [1.29, 1.82) is 0 Å². The van der Waals surface area contributed by atoms with Gasteiger partial charge in [-0.1, -0.05) is 18.2 Å². The van der Waals surface area contributed by atoms with E-state index in [0.29, 0.717) is 17.0 Å². The minimum absolute atomic E-state index is 0.178. The number of carbonyl (C=O) groups excluding carboxylic acids is 3. The molecular formula is C17H14N2O4. The Balaban J connectivity index is 1.55. The standard InChI is InChI=1S/C17H14N2O4/c20-15(8-9-23-12-4-2-1-3-5-12)18-11-6-7-13-14(10-11)17(22)19-16(13)21/h1-7,10H,8-9H2,(H,18,20)(H,19,21,22). The smallest absolute Gasteiger partial charge is 0.259 e. The van der Waals surface area contributed by atoms with Gasteiger partial charge in [0.15, 0.2) is 0 Å². The molecular weight excluding hydrogens is 296 g/mol. The molecule has 0 unspecified atom stereocenters. The Morgan fingerprint density at radius 1 is 1.00 bits per heavy atom. The zero-order chi connectivity index (χ0) is 16.2. The molecule has 2 aromatic carbocycles. The summed E-state index contributed by atoms with van der Waals surface area (Å²) in [6, 6.07) is 13.8. The maximum atomic E-state index is 11.9. The van der Waals surface area contributed by atoms with Gasteiger partial charge in [0.2, 0.25) is 5.91 Å². The van der Waals surface area contributed by atoms with E-state index in [4.69, 9.17) is 4.74 Å². The summed E-state index contributed by atoms with van der Waals surface area (Å²) in [7, 11) is 0. The molecule has 0 spiro atoms. The van der Waals surface area contributed by atoms with Gasteiger partial charge in [-0.05, 0) is 30.3 Å². The number of ether oxygens (including phenoxy) is 1. The van der Waals surface area contributed by atoms with E-state index in [0.717, 1.165) is 0 Å². The Bertz CT molecular complexity index is 771. The monoisotopic (exact) mass is 310 g/mol. The zero-order valence-corrected chi connectivity index (χ0v) is 12.2. The molecule has 0 saturated heterocycles. The van der Waals surface area contributed by atoms with Gasteiger partial charge in [-0.15, -0.1) is 0 Å². The second-order valence-electron chi connectivity index (χ2n) is 5.00. The van der Waals surface area contributed by atoms with Crippen LogP contribution in [0.3, 0.4) is 0 Å². The maximum Gasteiger partial charge on any atom is 0.259 e. The van der Waals surface area contributed by atoms with Gasteiger partial charge in [-0.3, -0.25) is 19.7 Å². The SMILES string of the molecule is O=C(CCOc1ccccc1)Nc1ccc2c(c1)C(=O)NC2=O. The summed E-state index contributed by atoms with van der Waals surface area (Å²) in [5.41, 5.74) is 1.06. The van der Waals surface area contributed by atoms with Crippen LogP contribution in [-0.4, -0.2) is 24.3 Å². The lowest BCUT2D eigenvalue weighted by molar-refractivity contribution is -0.116. The summed E-state index contributed by atoms with van der Waals surface area (Å²) in [5.74, 6) is -0.397. The molecule has 0 atom stereocenters. The number of anilines is 1. The molecule has 2 N–H and O–H groups in total. The van der Waals surface area contributed by atoms with Gasteiger partial charge in [0.25, 0.3) is 11.8 Å². The van der Waals surface area contributed by atoms with E-state index in [2.05, 4.69) is 10.6 Å². The van der Waals surface area contributed by atoms with E-state index in [1.54, 1.807) is 6.07 Å². The van der Waals surface area contributed by atoms with Crippen LogP contribution in [0.5, 0.6) is 5.75 Å². The first-order valence-corrected chi connectivity index (χ1v) is 7.11. The molecule has 0 bridgehead atoms. The van der Waals surface area contributed by atoms with E-state index >= 15 is 0 Å². The molecule has 1 aliphatic heterocycles. The molecule has 0 aromatic heterocycles. The molecule has 23 heavy (non-hydrogen) atoms. The predicted octanol–water partition coefficient (Wildman–Crippen LogP) is 1.98. The molecule has 1 heterocycles. The average Bonchev–Trinajstić information content (AvgIpc) is 2.83. The summed E-state index contributed by atoms with van der Waals surface area (Å²) in [6.07, 6.45) is 0.178. The van der Waals surface area contributed by atoms with E-state index in [-0.39, 0.29) is 24.5 Å². The van der Waals surface area contributed by atoms with Crippen LogP contribution >= 0.6 is 0 Å². The van der Waals surface area contributed by atoms with Crippen LogP contribution in [-0.2, 0) is 4.79 Å². The fourth-order valence-corrected chi connectivity index (χ4v) is 2.25. The first-order chi connectivity index (χ1) is 11.1. The number of hydrogen-bond acceptors (Lipinski definition) is 4. The number of hydrogen-bond donors (Lipinski definition) is 2. The molecule has 6 heteroatoms. The molecule has 0 aliphatic carbocycles. The summed E-state index contributed by atoms with van der Waals surface area (Å²) < 4.78 is 5.45. The Hall–Kier alpha value is -3.15. The summed E-state index contributed by atoms with van der Waals surface area (Å²) >= 11 is 0. The third-order valence-electron chi connectivity index (χ3n) is 3.36. The third-order valence-corrected chi connectivity index (χ3v) is 3.36. The second kappa shape index (κ2) is 6.31. The van der Waals surface area contributed by atoms with Gasteiger partial charge in [-0.25, -0.2) is 0 Å². The normalized spacial score (nSPS) is 12.5. The van der Waals surface area contributed by atoms with Crippen LogP contribution in [0.4, 0.5) is 5.69 Å². The number of rotatable bonds is 5. The molecule has 0 radical (unpaired) electrons. The predicted molar refractivity (Wildman–Crippen MR) is 83.4 cm³/mol. The van der Waals surface area contributed by atoms with Crippen molar-refractivity contribution in [3.05, 3.63) is 59.7 Å². The van der Waals surface area contributed by atoms with Crippen molar-refractivity contribution in [3.8, 4) is 5.75 Å². The summed E-state index contributed by atoms with van der Waals surface area (Å²) in [4.78, 5) is 34.9. The van der Waals surface area contributed by atoms with Crippen LogP contribution < -0.4 is 15.4 Å². The Labute approximate surface area is 132 Å². The first kappa shape index (κ1) is 14.8. The molecule has 116 valence electrons. The summed E-state index contributed by atoms with van der Waals surface area (Å²) in [6.45, 7) is 0.250. The highest BCUT2D eigenvalue weighted by Crippen LogP contribution is 2.20. The largest absolute Gasteiger partial charge is 0.493 e. The minimum Gasteiger partial charge on any atom is -0.493 e. The Morgan fingerprint density at radius 3 is 2.52 bits per heavy atom. The van der Waals surface area contributed by atoms with Crippen molar-refractivity contribution in [2.45, 2.75) is 6.42 Å². The highest BCUT2D eigenvalue weighted by atomic mass is 16.5. The minimum atomic E-state index is -0.450. The van der Waals surface area contributed by atoms with Crippen molar-refractivity contribution in [3.63, 3.8) is 0 Å². The molecule has 3 rings (SSSR count). The van der Waals surface area contributed by atoms with Gasteiger partial charge in [-0.2, -0.15) is 0 Å². The lowest BCUT2D eigenvalue weighted by atomic mass is 10.1. The van der Waals surface area contributed by atoms with Gasteiger partial charge in [0, 0.05) is 5.69 Å². The highest BCUT2D eigenvalue weighted by Gasteiger charge is 2.26. The molecule has 3 amide bonds. The number of imide groups is 1. The van der Waals surface area contributed by atoms with E-state index < -0.39 is 11.8 Å². The fraction of sp³-hybridized carbons (Fsp3) is 0.118. The molecule has 0 fully saturated rings. The lowest BCUT2D eigenvalue weighted by Gasteiger charge is -2.08. The van der Waals surface area contributed by atoms with Crippen molar-refractivity contribution in [1.82, 2.24) is 5.32 Å². The van der Waals surface area contributed by atoms with Crippen LogP contribution in [0.1, 0.15) is 27.1 Å². The second-order valence-corrected chi connectivity index (χ2v) is 5.00. The van der Waals surface area contributed by atoms with Gasteiger partial charge in [0.05, 0.1) is 24.2 Å². The molecule has 0 saturated carbocycles. The quantitative estimate of drug-likeness (QED) is 0.827. The fourth-order valence-electron chi connectivity index (χ4n) is 2.25. The van der Waals surface area contributed by atoms with Gasteiger partial charge in [0.1, 0.15) is 5.75 Å². The van der Waals surface area contributed by atoms with Gasteiger partial charge >= 0.3 is 0 Å². The number of carbonyl (C=O) groups is 3.